The maximum atomic E-state index is 2.34. The number of hydrogen-bond donors (Lipinski definition) is 0. The summed E-state index contributed by atoms with van der Waals surface area (Å²) < 4.78 is 0. The van der Waals surface area contributed by atoms with E-state index in [1.165, 1.54) is 26.2 Å². The van der Waals surface area contributed by atoms with Gasteiger partial charge in [-0.15, -0.1) is 0 Å². The van der Waals surface area contributed by atoms with E-state index in [0.29, 0.717) is 0 Å². The van der Waals surface area contributed by atoms with Crippen molar-refractivity contribution in [2.75, 3.05) is 0 Å². The van der Waals surface area contributed by atoms with Crippen LogP contribution in [0.2, 0.25) is 19.5 Å². The third-order valence-corrected chi connectivity index (χ3v) is 1.64. The highest BCUT2D eigenvalue weighted by Gasteiger charge is 2.12. The molecule has 1 rings (SSSR count). The van der Waals surface area contributed by atoms with Crippen molar-refractivity contribution in [1.82, 2.24) is 0 Å². The summed E-state index contributed by atoms with van der Waals surface area (Å²) in [6, 6.07) is 0. The largest absolute Gasteiger partial charge is 0.101 e. The Hall–Kier alpha value is 0.130. The number of hydrogen-bond acceptors (Lipinski definition) is 0. The summed E-state index contributed by atoms with van der Waals surface area (Å²) in [4.78, 5) is 0. The Balaban J connectivity index is 2.18. The van der Waals surface area contributed by atoms with E-state index in [9.17, 15) is 0 Å². The van der Waals surface area contributed by atoms with Gasteiger partial charge in [-0.2, -0.15) is 0 Å². The van der Waals surface area contributed by atoms with Crippen molar-refractivity contribution in [3.63, 3.8) is 0 Å². The van der Waals surface area contributed by atoms with Crippen LogP contribution in [-0.4, -0.2) is 13.8 Å². The first kappa shape index (κ1) is 4.29. The molecule has 1 heterocycles. The summed E-state index contributed by atoms with van der Waals surface area (Å²) in [6.45, 7) is 3.39. The van der Waals surface area contributed by atoms with Crippen LogP contribution in [0.5, 0.6) is 0 Å². The van der Waals surface area contributed by atoms with E-state index in [1.807, 2.05) is 0 Å². The summed E-state index contributed by atoms with van der Waals surface area (Å²) in [5, 5.41) is 0. The third kappa shape index (κ3) is 0.796. The summed E-state index contributed by atoms with van der Waals surface area (Å²) in [5.74, 6) is 0. The van der Waals surface area contributed by atoms with Gasteiger partial charge in [0.15, 0.2) is 0 Å². The smallest absolute Gasteiger partial charge is 0.0923 e. The summed E-state index contributed by atoms with van der Waals surface area (Å²) in [6.07, 6.45) is 4.46. The van der Waals surface area contributed by atoms with E-state index in [0.717, 1.165) is 6.60 Å². The van der Waals surface area contributed by atoms with Gasteiger partial charge in [0, 0.05) is 0 Å². The molecule has 6 heavy (non-hydrogen) atoms. The van der Waals surface area contributed by atoms with Gasteiger partial charge in [-0.05, 0) is 0 Å². The van der Waals surface area contributed by atoms with Crippen LogP contribution in [0.4, 0.5) is 0 Å². The van der Waals surface area contributed by atoms with Gasteiger partial charge in [-0.1, -0.05) is 25.9 Å². The minimum absolute atomic E-state index is 1.05. The van der Waals surface area contributed by atoms with Crippen molar-refractivity contribution in [3.8, 4) is 0 Å². The molecule has 0 nitrogen and oxygen atoms in total. The molecule has 0 aliphatic carbocycles. The quantitative estimate of drug-likeness (QED) is 0.378. The van der Waals surface area contributed by atoms with E-state index < -0.39 is 0 Å². The predicted molar refractivity (Wildman–Crippen MR) is 33.0 cm³/mol. The lowest BCUT2D eigenvalue weighted by Crippen LogP contribution is -2.07. The topological polar surface area (TPSA) is 0 Å². The molecule has 32 valence electrons. The van der Waals surface area contributed by atoms with Crippen LogP contribution in [-0.2, 0) is 0 Å². The van der Waals surface area contributed by atoms with Gasteiger partial charge < -0.3 is 0 Å². The van der Waals surface area contributed by atoms with Gasteiger partial charge in [0.1, 0.15) is 6.60 Å². The van der Waals surface area contributed by atoms with Crippen molar-refractivity contribution >= 4 is 13.8 Å². The van der Waals surface area contributed by atoms with Crippen molar-refractivity contribution in [2.45, 2.75) is 25.9 Å². The van der Waals surface area contributed by atoms with Crippen molar-refractivity contribution in [1.29, 1.82) is 0 Å². The van der Waals surface area contributed by atoms with Crippen LogP contribution in [0.15, 0.2) is 0 Å². The summed E-state index contributed by atoms with van der Waals surface area (Å²) >= 11 is 0. The predicted octanol–water partition coefficient (Wildman–Crippen LogP) is 0.866. The zero-order chi connectivity index (χ0) is 4.41. The molecular weight excluding hydrogens is 69.7 g/mol. The highest BCUT2D eigenvalue weighted by atomic mass is 13.8. The van der Waals surface area contributed by atoms with E-state index in [-0.39, 0.29) is 0 Å². The first-order valence-corrected chi connectivity index (χ1v) is 2.89. The molecule has 0 N–H and O–H groups in total. The molecule has 0 spiro atoms. The Bertz CT molecular complexity index is 38.8. The van der Waals surface area contributed by atoms with Gasteiger partial charge in [0.05, 0.1) is 7.17 Å². The van der Waals surface area contributed by atoms with E-state index in [1.54, 1.807) is 0 Å². The molecule has 1 aliphatic rings. The zero-order valence-electron chi connectivity index (χ0n) is 4.41. The standard InChI is InChI=1S/C4H10B2/c1-6-4-2-3-5-6/h5H,2-4H2,1H3. The lowest BCUT2D eigenvalue weighted by Gasteiger charge is -1.84. The molecule has 0 aromatic heterocycles. The average Bonchev–Trinajstić information content (AvgIpc) is 1.86. The van der Waals surface area contributed by atoms with Gasteiger partial charge in [-0.25, -0.2) is 0 Å². The molecule has 0 aromatic carbocycles. The maximum absolute atomic E-state index is 2.34. The van der Waals surface area contributed by atoms with E-state index in [2.05, 4.69) is 6.82 Å². The Morgan fingerprint density at radius 1 is 1.67 bits per heavy atom. The second kappa shape index (κ2) is 1.72. The maximum Gasteiger partial charge on any atom is 0.101 e. The highest BCUT2D eigenvalue weighted by Crippen LogP contribution is 2.09. The Morgan fingerprint density at radius 3 is 2.67 bits per heavy atom. The number of rotatable bonds is 0. The lowest BCUT2D eigenvalue weighted by molar-refractivity contribution is 1.09. The molecule has 0 bridgehead atoms. The van der Waals surface area contributed by atoms with Crippen molar-refractivity contribution in [3.05, 3.63) is 0 Å². The Kier molecular flexibility index (Phi) is 1.23. The van der Waals surface area contributed by atoms with Crippen molar-refractivity contribution < 1.29 is 0 Å². The van der Waals surface area contributed by atoms with Crippen LogP contribution in [0.3, 0.4) is 0 Å². The van der Waals surface area contributed by atoms with E-state index in [4.69, 9.17) is 0 Å². The van der Waals surface area contributed by atoms with Crippen LogP contribution in [0.1, 0.15) is 6.42 Å². The summed E-state index contributed by atoms with van der Waals surface area (Å²) in [7, 11) is 1.49. The van der Waals surface area contributed by atoms with Crippen LogP contribution in [0.25, 0.3) is 0 Å². The molecule has 1 aliphatic heterocycles. The van der Waals surface area contributed by atoms with Crippen molar-refractivity contribution in [2.24, 2.45) is 0 Å². The monoisotopic (exact) mass is 80.1 g/mol. The van der Waals surface area contributed by atoms with Gasteiger partial charge in [0.25, 0.3) is 0 Å². The average molecular weight is 79.7 g/mol. The second-order valence-electron chi connectivity index (χ2n) is 2.39. The molecule has 0 atom stereocenters. The third-order valence-electron chi connectivity index (χ3n) is 1.64. The van der Waals surface area contributed by atoms with Gasteiger partial charge in [-0.3, -0.25) is 0 Å². The SMILES string of the molecule is CB1BCCC1. The zero-order valence-corrected chi connectivity index (χ0v) is 4.41. The second-order valence-corrected chi connectivity index (χ2v) is 2.39. The Morgan fingerprint density at radius 2 is 2.50 bits per heavy atom. The fourth-order valence-corrected chi connectivity index (χ4v) is 1.13. The molecule has 1 fully saturated rings. The first-order chi connectivity index (χ1) is 2.89. The molecule has 0 radical (unpaired) electrons. The molecule has 0 unspecified atom stereocenters. The van der Waals surface area contributed by atoms with E-state index >= 15 is 0 Å². The highest BCUT2D eigenvalue weighted by molar-refractivity contribution is 7.12. The van der Waals surface area contributed by atoms with Crippen LogP contribution in [0, 0.1) is 0 Å². The molecular formula is C4H10B2. The molecule has 1 saturated heterocycles. The lowest BCUT2D eigenvalue weighted by atomic mass is 9.25. The van der Waals surface area contributed by atoms with Gasteiger partial charge in [0.2, 0.25) is 0 Å². The fraction of sp³-hybridized carbons (Fsp3) is 1.00. The van der Waals surface area contributed by atoms with Crippen LogP contribution < -0.4 is 0 Å². The first-order valence-electron chi connectivity index (χ1n) is 2.89. The molecule has 0 saturated carbocycles. The molecule has 0 amide bonds. The molecule has 0 aromatic rings. The van der Waals surface area contributed by atoms with Crippen LogP contribution >= 0.6 is 0 Å². The fourth-order valence-electron chi connectivity index (χ4n) is 1.13. The van der Waals surface area contributed by atoms with Gasteiger partial charge >= 0.3 is 0 Å². The summed E-state index contributed by atoms with van der Waals surface area (Å²) in [5.41, 5.74) is 0. The minimum atomic E-state index is 1.05. The Labute approximate surface area is 40.6 Å². The normalized spacial score (nSPS) is 21.2. The minimum Gasteiger partial charge on any atom is -0.0923 e. The molecule has 2 heteroatoms.